The highest BCUT2D eigenvalue weighted by Gasteiger charge is 2.28. The molecule has 1 fully saturated rings. The molecule has 1 aliphatic rings. The molecule has 0 aliphatic carbocycles. The first-order valence-electron chi connectivity index (χ1n) is 4.17. The Kier molecular flexibility index (Phi) is 2.92. The summed E-state index contributed by atoms with van der Waals surface area (Å²) in [6.45, 7) is 2.44. The van der Waals surface area contributed by atoms with Crippen LogP contribution in [0.3, 0.4) is 0 Å². The van der Waals surface area contributed by atoms with Crippen LogP contribution in [0.2, 0.25) is 0 Å². The molecular weight excluding hydrogens is 158 g/mol. The van der Waals surface area contributed by atoms with Crippen LogP contribution in [0.15, 0.2) is 0 Å². The van der Waals surface area contributed by atoms with Crippen LogP contribution in [0.25, 0.3) is 0 Å². The summed E-state index contributed by atoms with van der Waals surface area (Å²) in [4.78, 5) is 12.1. The Balaban J connectivity index is 2.53. The van der Waals surface area contributed by atoms with E-state index >= 15 is 0 Å². The number of rotatable bonds is 1. The van der Waals surface area contributed by atoms with Gasteiger partial charge in [-0.25, -0.2) is 4.79 Å². The first-order chi connectivity index (χ1) is 5.65. The molecule has 0 saturated carbocycles. The quantitative estimate of drug-likeness (QED) is 0.647. The zero-order valence-corrected chi connectivity index (χ0v) is 7.49. The number of carboxylic acid groups (broad SMARTS) is 1. The van der Waals surface area contributed by atoms with Crippen LogP contribution in [-0.4, -0.2) is 41.9 Å². The Morgan fingerprint density at radius 3 is 2.75 bits per heavy atom. The molecule has 0 aromatic carbocycles. The van der Waals surface area contributed by atoms with Crippen molar-refractivity contribution in [2.45, 2.75) is 31.9 Å². The third kappa shape index (κ3) is 1.88. The monoisotopic (exact) mass is 173 g/mol. The fourth-order valence-corrected chi connectivity index (χ4v) is 1.53. The molecule has 1 saturated heterocycles. The Morgan fingerprint density at radius 2 is 2.25 bits per heavy atom. The molecule has 0 bridgehead atoms. The minimum atomic E-state index is -0.843. The fourth-order valence-electron chi connectivity index (χ4n) is 1.53. The standard InChI is InChI=1S/C8H15NO3/c1-6-3-4-7(12-2)5-9(6)8(10)11/h6-7H,3-5H2,1-2H3,(H,10,11)/t6-,7?/m1/s1. The number of ether oxygens (including phenoxy) is 1. The molecule has 0 radical (unpaired) electrons. The molecule has 1 heterocycles. The summed E-state index contributed by atoms with van der Waals surface area (Å²) in [6.07, 6.45) is 1.09. The number of piperidine rings is 1. The van der Waals surface area contributed by atoms with E-state index in [2.05, 4.69) is 0 Å². The van der Waals surface area contributed by atoms with Crippen LogP contribution in [-0.2, 0) is 4.74 Å². The van der Waals surface area contributed by atoms with Crippen LogP contribution in [0.1, 0.15) is 19.8 Å². The third-order valence-corrected chi connectivity index (χ3v) is 2.42. The second kappa shape index (κ2) is 3.76. The summed E-state index contributed by atoms with van der Waals surface area (Å²) in [5.74, 6) is 0. The Labute approximate surface area is 72.1 Å². The van der Waals surface area contributed by atoms with Crippen LogP contribution in [0.5, 0.6) is 0 Å². The number of methoxy groups -OCH3 is 1. The Bertz CT molecular complexity index is 172. The van der Waals surface area contributed by atoms with E-state index in [0.717, 1.165) is 12.8 Å². The Morgan fingerprint density at radius 1 is 1.58 bits per heavy atom. The van der Waals surface area contributed by atoms with Crippen molar-refractivity contribution >= 4 is 6.09 Å². The van der Waals surface area contributed by atoms with Gasteiger partial charge < -0.3 is 14.7 Å². The van der Waals surface area contributed by atoms with E-state index in [1.807, 2.05) is 6.92 Å². The molecule has 12 heavy (non-hydrogen) atoms. The molecule has 0 spiro atoms. The van der Waals surface area contributed by atoms with Gasteiger partial charge in [-0.2, -0.15) is 0 Å². The lowest BCUT2D eigenvalue weighted by Crippen LogP contribution is -2.47. The van der Waals surface area contributed by atoms with Crippen molar-refractivity contribution in [3.8, 4) is 0 Å². The van der Waals surface area contributed by atoms with Gasteiger partial charge in [0.2, 0.25) is 0 Å². The van der Waals surface area contributed by atoms with Crippen LogP contribution in [0, 0.1) is 0 Å². The zero-order valence-electron chi connectivity index (χ0n) is 7.49. The van der Waals surface area contributed by atoms with Gasteiger partial charge in [0.25, 0.3) is 0 Å². The van der Waals surface area contributed by atoms with E-state index in [4.69, 9.17) is 9.84 Å². The summed E-state index contributed by atoms with van der Waals surface area (Å²) in [7, 11) is 1.63. The number of hydrogen-bond donors (Lipinski definition) is 1. The summed E-state index contributed by atoms with van der Waals surface area (Å²) < 4.78 is 5.11. The van der Waals surface area contributed by atoms with Crippen molar-refractivity contribution < 1.29 is 14.6 Å². The minimum Gasteiger partial charge on any atom is -0.465 e. The molecule has 1 amide bonds. The molecule has 0 aromatic heterocycles. The molecule has 1 aliphatic heterocycles. The van der Waals surface area contributed by atoms with Crippen molar-refractivity contribution in [1.29, 1.82) is 0 Å². The SMILES string of the molecule is COC1CC[C@@H](C)N(C(=O)O)C1. The lowest BCUT2D eigenvalue weighted by Gasteiger charge is -2.35. The van der Waals surface area contributed by atoms with E-state index in [1.54, 1.807) is 7.11 Å². The molecule has 2 atom stereocenters. The van der Waals surface area contributed by atoms with Crippen molar-refractivity contribution in [1.82, 2.24) is 4.90 Å². The maximum Gasteiger partial charge on any atom is 0.407 e. The molecule has 1 unspecified atom stereocenters. The van der Waals surface area contributed by atoms with Crippen LogP contribution < -0.4 is 0 Å². The van der Waals surface area contributed by atoms with Gasteiger partial charge in [0.15, 0.2) is 0 Å². The largest absolute Gasteiger partial charge is 0.465 e. The first-order valence-corrected chi connectivity index (χ1v) is 4.17. The second-order valence-electron chi connectivity index (χ2n) is 3.22. The zero-order chi connectivity index (χ0) is 9.14. The summed E-state index contributed by atoms with van der Waals surface area (Å²) in [6, 6.07) is 0.133. The van der Waals surface area contributed by atoms with Crippen molar-refractivity contribution in [2.75, 3.05) is 13.7 Å². The van der Waals surface area contributed by atoms with E-state index in [-0.39, 0.29) is 12.1 Å². The van der Waals surface area contributed by atoms with Gasteiger partial charge in [0.05, 0.1) is 12.6 Å². The van der Waals surface area contributed by atoms with Gasteiger partial charge in [-0.05, 0) is 19.8 Å². The van der Waals surface area contributed by atoms with Gasteiger partial charge >= 0.3 is 6.09 Å². The van der Waals surface area contributed by atoms with Crippen LogP contribution >= 0.6 is 0 Å². The molecule has 1 rings (SSSR count). The Hall–Kier alpha value is -0.770. The van der Waals surface area contributed by atoms with Gasteiger partial charge in [-0.15, -0.1) is 0 Å². The minimum absolute atomic E-state index is 0.0808. The molecule has 4 heteroatoms. The molecule has 4 nitrogen and oxygen atoms in total. The topological polar surface area (TPSA) is 49.8 Å². The lowest BCUT2D eigenvalue weighted by atomic mass is 10.0. The molecular formula is C8H15NO3. The third-order valence-electron chi connectivity index (χ3n) is 2.42. The van der Waals surface area contributed by atoms with Crippen molar-refractivity contribution in [2.24, 2.45) is 0 Å². The number of amides is 1. The summed E-state index contributed by atoms with van der Waals surface area (Å²) in [5, 5.41) is 8.79. The fraction of sp³-hybridized carbons (Fsp3) is 0.875. The molecule has 0 aromatic rings. The summed E-state index contributed by atoms with van der Waals surface area (Å²) >= 11 is 0. The van der Waals surface area contributed by atoms with Crippen molar-refractivity contribution in [3.63, 3.8) is 0 Å². The smallest absolute Gasteiger partial charge is 0.407 e. The summed E-state index contributed by atoms with van der Waals surface area (Å²) in [5.41, 5.74) is 0. The normalized spacial score (nSPS) is 30.3. The highest BCUT2D eigenvalue weighted by Crippen LogP contribution is 2.18. The average Bonchev–Trinajstić information content (AvgIpc) is 2.05. The van der Waals surface area contributed by atoms with Crippen LogP contribution in [0.4, 0.5) is 4.79 Å². The number of nitrogens with zero attached hydrogens (tertiary/aromatic N) is 1. The lowest BCUT2D eigenvalue weighted by molar-refractivity contribution is 0.0145. The van der Waals surface area contributed by atoms with Gasteiger partial charge in [-0.1, -0.05) is 0 Å². The highest BCUT2D eigenvalue weighted by molar-refractivity contribution is 5.65. The number of carbonyl (C=O) groups is 1. The first kappa shape index (κ1) is 9.32. The average molecular weight is 173 g/mol. The number of hydrogen-bond acceptors (Lipinski definition) is 2. The highest BCUT2D eigenvalue weighted by atomic mass is 16.5. The van der Waals surface area contributed by atoms with Gasteiger partial charge in [0, 0.05) is 13.2 Å². The van der Waals surface area contributed by atoms with E-state index in [0.29, 0.717) is 6.54 Å². The predicted molar refractivity (Wildman–Crippen MR) is 44.2 cm³/mol. The van der Waals surface area contributed by atoms with Gasteiger partial charge in [0.1, 0.15) is 0 Å². The number of likely N-dealkylation sites (tertiary alicyclic amines) is 1. The second-order valence-corrected chi connectivity index (χ2v) is 3.22. The molecule has 1 N–H and O–H groups in total. The van der Waals surface area contributed by atoms with E-state index in [1.165, 1.54) is 4.90 Å². The predicted octanol–water partition coefficient (Wildman–Crippen LogP) is 1.16. The van der Waals surface area contributed by atoms with E-state index < -0.39 is 6.09 Å². The van der Waals surface area contributed by atoms with Gasteiger partial charge in [-0.3, -0.25) is 0 Å². The van der Waals surface area contributed by atoms with Crippen molar-refractivity contribution in [3.05, 3.63) is 0 Å². The molecule has 70 valence electrons. The van der Waals surface area contributed by atoms with E-state index in [9.17, 15) is 4.79 Å². The maximum atomic E-state index is 10.7. The maximum absolute atomic E-state index is 10.7.